The Kier molecular flexibility index (Phi) is 3.97. The zero-order valence-electron chi connectivity index (χ0n) is 11.7. The summed E-state index contributed by atoms with van der Waals surface area (Å²) < 4.78 is 0. The average molecular weight is 242 g/mol. The Morgan fingerprint density at radius 3 is 2.72 bits per heavy atom. The fourth-order valence-electron chi connectivity index (χ4n) is 2.25. The Bertz CT molecular complexity index is 544. The molecule has 0 amide bonds. The number of pyridine rings is 1. The first-order valence-electron chi connectivity index (χ1n) is 6.64. The molecule has 1 aromatic heterocycles. The summed E-state index contributed by atoms with van der Waals surface area (Å²) in [7, 11) is 0. The second-order valence-electron chi connectivity index (χ2n) is 5.42. The molecule has 0 saturated heterocycles. The minimum absolute atomic E-state index is 0.681. The van der Waals surface area contributed by atoms with Crippen LogP contribution in [0.2, 0.25) is 0 Å². The molecule has 2 rings (SSSR count). The number of para-hydroxylation sites is 1. The van der Waals surface area contributed by atoms with Gasteiger partial charge in [-0.15, -0.1) is 0 Å². The van der Waals surface area contributed by atoms with Crippen LogP contribution < -0.4 is 5.32 Å². The molecular formula is C16H22N2. The van der Waals surface area contributed by atoms with Crippen molar-refractivity contribution in [2.45, 2.75) is 34.2 Å². The predicted molar refractivity (Wildman–Crippen MR) is 77.8 cm³/mol. The molecule has 2 aromatic rings. The molecular weight excluding hydrogens is 220 g/mol. The Balaban J connectivity index is 2.34. The van der Waals surface area contributed by atoms with Crippen LogP contribution in [-0.4, -0.2) is 11.5 Å². The Morgan fingerprint density at radius 2 is 2.00 bits per heavy atom. The lowest BCUT2D eigenvalue weighted by atomic mass is 10.0. The average Bonchev–Trinajstić information content (AvgIpc) is 2.30. The molecule has 0 radical (unpaired) electrons. The Labute approximate surface area is 109 Å². The number of rotatable bonds is 4. The van der Waals surface area contributed by atoms with Gasteiger partial charge in [0.25, 0.3) is 0 Å². The maximum absolute atomic E-state index is 4.65. The summed E-state index contributed by atoms with van der Waals surface area (Å²) in [6, 6.07) is 8.59. The first-order chi connectivity index (χ1) is 8.58. The Morgan fingerprint density at radius 1 is 1.22 bits per heavy atom. The molecule has 0 atom stereocenters. The molecule has 0 aliphatic carbocycles. The van der Waals surface area contributed by atoms with Crippen molar-refractivity contribution in [3.63, 3.8) is 0 Å². The summed E-state index contributed by atoms with van der Waals surface area (Å²) in [6.07, 6.45) is 0. The van der Waals surface area contributed by atoms with Gasteiger partial charge < -0.3 is 5.32 Å². The van der Waals surface area contributed by atoms with Crippen LogP contribution in [0.3, 0.4) is 0 Å². The van der Waals surface area contributed by atoms with Crippen molar-refractivity contribution in [2.75, 3.05) is 6.54 Å². The van der Waals surface area contributed by atoms with E-state index in [0.717, 1.165) is 24.3 Å². The third-order valence-electron chi connectivity index (χ3n) is 3.12. The first kappa shape index (κ1) is 13.0. The second-order valence-corrected chi connectivity index (χ2v) is 5.42. The zero-order valence-corrected chi connectivity index (χ0v) is 11.7. The van der Waals surface area contributed by atoms with E-state index in [0.29, 0.717) is 5.92 Å². The molecule has 1 heterocycles. The summed E-state index contributed by atoms with van der Waals surface area (Å²) >= 11 is 0. The van der Waals surface area contributed by atoms with Crippen LogP contribution in [0.1, 0.15) is 30.7 Å². The molecule has 0 aliphatic rings. The number of hydrogen-bond acceptors (Lipinski definition) is 2. The van der Waals surface area contributed by atoms with Crippen molar-refractivity contribution in [1.82, 2.24) is 10.3 Å². The monoisotopic (exact) mass is 242 g/mol. The predicted octanol–water partition coefficient (Wildman–Crippen LogP) is 3.60. The molecule has 2 nitrogen and oxygen atoms in total. The highest BCUT2D eigenvalue weighted by atomic mass is 14.9. The van der Waals surface area contributed by atoms with E-state index < -0.39 is 0 Å². The van der Waals surface area contributed by atoms with Crippen LogP contribution in [0, 0.1) is 19.8 Å². The maximum Gasteiger partial charge on any atom is 0.0737 e. The molecule has 18 heavy (non-hydrogen) atoms. The molecule has 2 heteroatoms. The molecule has 0 unspecified atom stereocenters. The highest BCUT2D eigenvalue weighted by molar-refractivity contribution is 5.85. The van der Waals surface area contributed by atoms with Gasteiger partial charge in [-0.25, -0.2) is 0 Å². The second kappa shape index (κ2) is 5.49. The van der Waals surface area contributed by atoms with Gasteiger partial charge in [0.1, 0.15) is 0 Å². The highest BCUT2D eigenvalue weighted by Crippen LogP contribution is 2.21. The van der Waals surface area contributed by atoms with Crippen LogP contribution >= 0.6 is 0 Å². The van der Waals surface area contributed by atoms with E-state index in [1.54, 1.807) is 0 Å². The van der Waals surface area contributed by atoms with Crippen molar-refractivity contribution in [3.8, 4) is 0 Å². The van der Waals surface area contributed by atoms with E-state index in [4.69, 9.17) is 0 Å². The fourth-order valence-corrected chi connectivity index (χ4v) is 2.25. The highest BCUT2D eigenvalue weighted by Gasteiger charge is 2.05. The van der Waals surface area contributed by atoms with E-state index in [2.05, 4.69) is 62.3 Å². The number of hydrogen-bond donors (Lipinski definition) is 1. The number of aromatic nitrogens is 1. The summed E-state index contributed by atoms with van der Waals surface area (Å²) in [6.45, 7) is 10.6. The van der Waals surface area contributed by atoms with E-state index in [9.17, 15) is 0 Å². The molecule has 0 aliphatic heterocycles. The van der Waals surface area contributed by atoms with Gasteiger partial charge in [0.15, 0.2) is 0 Å². The lowest BCUT2D eigenvalue weighted by Crippen LogP contribution is -2.19. The van der Waals surface area contributed by atoms with Crippen LogP contribution in [0.4, 0.5) is 0 Å². The minimum Gasteiger partial charge on any atom is -0.312 e. The Hall–Kier alpha value is -1.41. The van der Waals surface area contributed by atoms with Gasteiger partial charge >= 0.3 is 0 Å². The lowest BCUT2D eigenvalue weighted by Gasteiger charge is -2.11. The SMILES string of the molecule is Cc1cc(CNCC(C)C)c2cccc(C)c2n1. The van der Waals surface area contributed by atoms with E-state index >= 15 is 0 Å². The number of benzene rings is 1. The van der Waals surface area contributed by atoms with E-state index in [1.807, 2.05) is 0 Å². The standard InChI is InChI=1S/C16H22N2/c1-11(2)9-17-10-14-8-13(4)18-16-12(3)6-5-7-15(14)16/h5-8,11,17H,9-10H2,1-4H3. The normalized spacial score (nSPS) is 11.4. The van der Waals surface area contributed by atoms with Crippen molar-refractivity contribution in [2.24, 2.45) is 5.92 Å². The summed E-state index contributed by atoms with van der Waals surface area (Å²) in [4.78, 5) is 4.65. The van der Waals surface area contributed by atoms with Crippen LogP contribution in [0.15, 0.2) is 24.3 Å². The third kappa shape index (κ3) is 2.88. The van der Waals surface area contributed by atoms with Gasteiger partial charge in [0.2, 0.25) is 0 Å². The summed E-state index contributed by atoms with van der Waals surface area (Å²) in [5.74, 6) is 0.681. The molecule has 1 N–H and O–H groups in total. The number of aryl methyl sites for hydroxylation is 2. The van der Waals surface area contributed by atoms with Crippen molar-refractivity contribution in [3.05, 3.63) is 41.1 Å². The first-order valence-corrected chi connectivity index (χ1v) is 6.64. The molecule has 0 fully saturated rings. The number of fused-ring (bicyclic) bond motifs is 1. The van der Waals surface area contributed by atoms with Crippen molar-refractivity contribution >= 4 is 10.9 Å². The van der Waals surface area contributed by atoms with Crippen molar-refractivity contribution < 1.29 is 0 Å². The van der Waals surface area contributed by atoms with Crippen LogP contribution in [0.25, 0.3) is 10.9 Å². The smallest absolute Gasteiger partial charge is 0.0737 e. The van der Waals surface area contributed by atoms with Gasteiger partial charge in [0.05, 0.1) is 5.52 Å². The molecule has 0 saturated carbocycles. The van der Waals surface area contributed by atoms with Gasteiger partial charge in [-0.2, -0.15) is 0 Å². The largest absolute Gasteiger partial charge is 0.312 e. The lowest BCUT2D eigenvalue weighted by molar-refractivity contribution is 0.553. The molecule has 0 bridgehead atoms. The molecule has 0 spiro atoms. The maximum atomic E-state index is 4.65. The fraction of sp³-hybridized carbons (Fsp3) is 0.438. The summed E-state index contributed by atoms with van der Waals surface area (Å²) in [5.41, 5.74) is 4.83. The summed E-state index contributed by atoms with van der Waals surface area (Å²) in [5, 5.41) is 4.79. The van der Waals surface area contributed by atoms with Gasteiger partial charge in [-0.05, 0) is 43.5 Å². The molecule has 1 aromatic carbocycles. The number of nitrogens with one attached hydrogen (secondary N) is 1. The zero-order chi connectivity index (χ0) is 13.1. The third-order valence-corrected chi connectivity index (χ3v) is 3.12. The van der Waals surface area contributed by atoms with Crippen LogP contribution in [0.5, 0.6) is 0 Å². The quantitative estimate of drug-likeness (QED) is 0.886. The van der Waals surface area contributed by atoms with Gasteiger partial charge in [-0.3, -0.25) is 4.98 Å². The van der Waals surface area contributed by atoms with E-state index in [1.165, 1.54) is 16.5 Å². The molecule has 96 valence electrons. The minimum atomic E-state index is 0.681. The van der Waals surface area contributed by atoms with Crippen LogP contribution in [-0.2, 0) is 6.54 Å². The van der Waals surface area contributed by atoms with E-state index in [-0.39, 0.29) is 0 Å². The van der Waals surface area contributed by atoms with Crippen molar-refractivity contribution in [1.29, 1.82) is 0 Å². The topological polar surface area (TPSA) is 24.9 Å². The van der Waals surface area contributed by atoms with Gasteiger partial charge in [-0.1, -0.05) is 32.0 Å². The number of nitrogens with zero attached hydrogens (tertiary/aromatic N) is 1. The van der Waals surface area contributed by atoms with Gasteiger partial charge in [0, 0.05) is 17.6 Å².